The highest BCUT2D eigenvalue weighted by Gasteiger charge is 2.43. The predicted molar refractivity (Wildman–Crippen MR) is 76.1 cm³/mol. The molecule has 22 heavy (non-hydrogen) atoms. The van der Waals surface area contributed by atoms with Crippen LogP contribution in [-0.4, -0.2) is 42.4 Å². The summed E-state index contributed by atoms with van der Waals surface area (Å²) >= 11 is 1.16. The standard InChI is InChI=1S/C13H15NO7S/c1-3-21-13(17)11(14(18)19)8(10-5-4-6-22-10)7-9(15)12(16)20-2/h4-6,8,11H,3,7H2,1-2H3/t8-,11?/m1/s1. The van der Waals surface area contributed by atoms with Gasteiger partial charge in [-0.1, -0.05) is 6.07 Å². The molecule has 1 rings (SSSR count). The maximum absolute atomic E-state index is 11.9. The molecule has 1 aromatic heterocycles. The first-order valence-corrected chi connectivity index (χ1v) is 7.25. The minimum atomic E-state index is -1.76. The van der Waals surface area contributed by atoms with Crippen LogP contribution < -0.4 is 0 Å². The monoisotopic (exact) mass is 329 g/mol. The molecule has 0 aliphatic rings. The molecule has 0 fully saturated rings. The van der Waals surface area contributed by atoms with Crippen LogP contribution in [0.5, 0.6) is 0 Å². The van der Waals surface area contributed by atoms with E-state index in [9.17, 15) is 24.5 Å². The van der Waals surface area contributed by atoms with Gasteiger partial charge in [-0.2, -0.15) is 0 Å². The number of rotatable bonds is 8. The molecule has 0 aliphatic heterocycles. The van der Waals surface area contributed by atoms with Crippen molar-refractivity contribution in [3.05, 3.63) is 32.5 Å². The van der Waals surface area contributed by atoms with E-state index in [-0.39, 0.29) is 6.61 Å². The molecule has 0 aliphatic carbocycles. The van der Waals surface area contributed by atoms with E-state index in [1.54, 1.807) is 17.5 Å². The second kappa shape index (κ2) is 8.23. The molecule has 1 unspecified atom stereocenters. The van der Waals surface area contributed by atoms with E-state index >= 15 is 0 Å². The summed E-state index contributed by atoms with van der Waals surface area (Å²) in [4.78, 5) is 45.8. The lowest BCUT2D eigenvalue weighted by molar-refractivity contribution is -0.514. The third kappa shape index (κ3) is 4.35. The Bertz CT molecular complexity index is 555. The lowest BCUT2D eigenvalue weighted by Gasteiger charge is -2.17. The van der Waals surface area contributed by atoms with Crippen LogP contribution in [0.2, 0.25) is 0 Å². The minimum Gasteiger partial charge on any atom is -0.463 e. The van der Waals surface area contributed by atoms with Gasteiger partial charge in [0.05, 0.1) is 19.6 Å². The van der Waals surface area contributed by atoms with Crippen molar-refractivity contribution in [1.82, 2.24) is 0 Å². The number of nitro groups is 1. The Labute approximate surface area is 130 Å². The van der Waals surface area contributed by atoms with E-state index in [0.717, 1.165) is 18.4 Å². The summed E-state index contributed by atoms with van der Waals surface area (Å²) in [6.45, 7) is 1.50. The molecule has 0 amide bonds. The van der Waals surface area contributed by atoms with Crippen LogP contribution >= 0.6 is 11.3 Å². The van der Waals surface area contributed by atoms with E-state index in [1.165, 1.54) is 6.92 Å². The summed E-state index contributed by atoms with van der Waals surface area (Å²) in [5, 5.41) is 12.9. The molecule has 0 saturated heterocycles. The molecule has 0 spiro atoms. The number of carbonyl (C=O) groups excluding carboxylic acids is 3. The molecule has 0 aromatic carbocycles. The van der Waals surface area contributed by atoms with E-state index in [1.807, 2.05) is 0 Å². The van der Waals surface area contributed by atoms with Gasteiger partial charge in [0.2, 0.25) is 5.78 Å². The van der Waals surface area contributed by atoms with E-state index < -0.39 is 41.0 Å². The van der Waals surface area contributed by atoms with Gasteiger partial charge < -0.3 is 9.47 Å². The molecular formula is C13H15NO7S. The smallest absolute Gasteiger partial charge is 0.382 e. The predicted octanol–water partition coefficient (Wildman–Crippen LogP) is 1.17. The third-order valence-electron chi connectivity index (χ3n) is 2.86. The molecule has 120 valence electrons. The maximum Gasteiger partial charge on any atom is 0.382 e. The van der Waals surface area contributed by atoms with Gasteiger partial charge in [-0.05, 0) is 18.4 Å². The minimum absolute atomic E-state index is 0.0225. The number of hydrogen-bond acceptors (Lipinski definition) is 8. The Balaban J connectivity index is 3.12. The zero-order chi connectivity index (χ0) is 16.7. The van der Waals surface area contributed by atoms with Crippen molar-refractivity contribution in [3.8, 4) is 0 Å². The Morgan fingerprint density at radius 2 is 2.09 bits per heavy atom. The first-order chi connectivity index (χ1) is 10.4. The van der Waals surface area contributed by atoms with Gasteiger partial charge in [-0.25, -0.2) is 9.59 Å². The number of thiophene rings is 1. The Hall–Kier alpha value is -2.29. The van der Waals surface area contributed by atoms with Crippen molar-refractivity contribution in [3.63, 3.8) is 0 Å². The normalized spacial score (nSPS) is 13.0. The SMILES string of the molecule is CCOC(=O)C([C@H](CC(=O)C(=O)OC)c1cccs1)[N+](=O)[O-]. The van der Waals surface area contributed by atoms with Gasteiger partial charge in [0.15, 0.2) is 0 Å². The molecule has 1 heterocycles. The van der Waals surface area contributed by atoms with Gasteiger partial charge in [-0.15, -0.1) is 11.3 Å². The second-order valence-corrected chi connectivity index (χ2v) is 5.20. The third-order valence-corrected chi connectivity index (χ3v) is 3.87. The fraction of sp³-hybridized carbons (Fsp3) is 0.462. The van der Waals surface area contributed by atoms with Gasteiger partial charge in [0, 0.05) is 16.2 Å². The summed E-state index contributed by atoms with van der Waals surface area (Å²) in [6, 6.07) is 1.44. The summed E-state index contributed by atoms with van der Waals surface area (Å²) < 4.78 is 9.02. The molecule has 1 aromatic rings. The number of carbonyl (C=O) groups is 3. The van der Waals surface area contributed by atoms with E-state index in [0.29, 0.717) is 4.88 Å². The van der Waals surface area contributed by atoms with Crippen LogP contribution in [0, 0.1) is 10.1 Å². The van der Waals surface area contributed by atoms with Crippen LogP contribution in [0.1, 0.15) is 24.1 Å². The van der Waals surface area contributed by atoms with E-state index in [2.05, 4.69) is 4.74 Å². The van der Waals surface area contributed by atoms with Gasteiger partial charge in [0.1, 0.15) is 0 Å². The topological polar surface area (TPSA) is 113 Å². The molecule has 2 atom stereocenters. The molecule has 0 bridgehead atoms. The van der Waals surface area contributed by atoms with Crippen LogP contribution in [0.25, 0.3) is 0 Å². The number of ether oxygens (including phenoxy) is 2. The maximum atomic E-state index is 11.9. The molecule has 8 nitrogen and oxygen atoms in total. The van der Waals surface area contributed by atoms with Crippen LogP contribution in [-0.2, 0) is 23.9 Å². The lowest BCUT2D eigenvalue weighted by atomic mass is 9.92. The zero-order valence-electron chi connectivity index (χ0n) is 12.0. The van der Waals surface area contributed by atoms with Crippen molar-refractivity contribution in [2.24, 2.45) is 0 Å². The molecule has 0 saturated carbocycles. The number of esters is 2. The van der Waals surface area contributed by atoms with Gasteiger partial charge in [-0.3, -0.25) is 14.9 Å². The Morgan fingerprint density at radius 3 is 2.55 bits per heavy atom. The largest absolute Gasteiger partial charge is 0.463 e. The lowest BCUT2D eigenvalue weighted by Crippen LogP contribution is -2.38. The van der Waals surface area contributed by atoms with Crippen molar-refractivity contribution < 1.29 is 28.8 Å². The van der Waals surface area contributed by atoms with E-state index in [4.69, 9.17) is 4.74 Å². The number of nitrogens with zero attached hydrogens (tertiary/aromatic N) is 1. The fourth-order valence-corrected chi connectivity index (χ4v) is 2.75. The molecule has 0 radical (unpaired) electrons. The molecule has 9 heteroatoms. The molecular weight excluding hydrogens is 314 g/mol. The van der Waals surface area contributed by atoms with Crippen molar-refractivity contribution >= 4 is 29.1 Å². The average Bonchev–Trinajstić information content (AvgIpc) is 2.99. The summed E-state index contributed by atoms with van der Waals surface area (Å²) in [5.41, 5.74) is 0. The average molecular weight is 329 g/mol. The summed E-state index contributed by atoms with van der Waals surface area (Å²) in [6.07, 6.45) is -0.502. The summed E-state index contributed by atoms with van der Waals surface area (Å²) in [7, 11) is 1.04. The highest BCUT2D eigenvalue weighted by atomic mass is 32.1. The number of hydrogen-bond donors (Lipinski definition) is 0. The van der Waals surface area contributed by atoms with Crippen molar-refractivity contribution in [2.75, 3.05) is 13.7 Å². The number of ketones is 1. The van der Waals surface area contributed by atoms with Crippen LogP contribution in [0.3, 0.4) is 0 Å². The summed E-state index contributed by atoms with van der Waals surface area (Å²) in [5.74, 6) is -4.16. The van der Waals surface area contributed by atoms with Gasteiger partial charge >= 0.3 is 18.0 Å². The first-order valence-electron chi connectivity index (χ1n) is 6.37. The quantitative estimate of drug-likeness (QED) is 0.304. The first kappa shape index (κ1) is 17.8. The highest BCUT2D eigenvalue weighted by Crippen LogP contribution is 2.30. The fourth-order valence-electron chi connectivity index (χ4n) is 1.89. The van der Waals surface area contributed by atoms with Crippen LogP contribution in [0.4, 0.5) is 0 Å². The Kier molecular flexibility index (Phi) is 6.64. The van der Waals surface area contributed by atoms with Gasteiger partial charge in [0.25, 0.3) is 0 Å². The number of methoxy groups -OCH3 is 1. The molecule has 0 N–H and O–H groups in total. The van der Waals surface area contributed by atoms with Crippen LogP contribution in [0.15, 0.2) is 17.5 Å². The second-order valence-electron chi connectivity index (χ2n) is 4.22. The van der Waals surface area contributed by atoms with Crippen molar-refractivity contribution in [1.29, 1.82) is 0 Å². The highest BCUT2D eigenvalue weighted by molar-refractivity contribution is 7.10. The Morgan fingerprint density at radius 1 is 1.41 bits per heavy atom. The van der Waals surface area contributed by atoms with Crippen molar-refractivity contribution in [2.45, 2.75) is 25.3 Å². The zero-order valence-corrected chi connectivity index (χ0v) is 12.8. The number of Topliss-reactive ketones (excluding diaryl/α,β-unsaturated/α-hetero) is 1.